The predicted molar refractivity (Wildman–Crippen MR) is 132 cm³/mol. The summed E-state index contributed by atoms with van der Waals surface area (Å²) in [5, 5.41) is 6.62. The fourth-order valence-corrected chi connectivity index (χ4v) is 4.21. The molecule has 1 fully saturated rings. The van der Waals surface area contributed by atoms with Crippen LogP contribution in [0.2, 0.25) is 0 Å². The van der Waals surface area contributed by atoms with Gasteiger partial charge in [0, 0.05) is 24.5 Å². The summed E-state index contributed by atoms with van der Waals surface area (Å²) in [7, 11) is 1.29. The second-order valence-electron chi connectivity index (χ2n) is 8.96. The van der Waals surface area contributed by atoms with E-state index in [1.54, 1.807) is 16.8 Å². The molecule has 0 aliphatic carbocycles. The molecule has 2 N–H and O–H groups in total. The van der Waals surface area contributed by atoms with Crippen LogP contribution in [0.15, 0.2) is 30.5 Å². The molecule has 1 amide bonds. The molecule has 3 heterocycles. The average Bonchev–Trinajstić information content (AvgIpc) is 3.50. The standard InChI is InChI=1S/C26H30F2N4O4/c1-4-15(2)25(33)31-22-19-11-17(29-12-16-7-8-20(27)21(28)10-16)13-30-24(19)32(23(22)26(34)35-3)14-18-6-5-9-36-18/h7-8,10-11,13,15,18,29H,4-6,9,12,14H2,1-3H3,(H,31,33)/t15-,18-/m0/s1. The van der Waals surface area contributed by atoms with Gasteiger partial charge in [0.25, 0.3) is 0 Å². The van der Waals surface area contributed by atoms with E-state index < -0.39 is 17.6 Å². The van der Waals surface area contributed by atoms with Crippen LogP contribution in [-0.4, -0.2) is 41.2 Å². The highest BCUT2D eigenvalue weighted by Gasteiger charge is 2.29. The minimum atomic E-state index is -0.924. The summed E-state index contributed by atoms with van der Waals surface area (Å²) in [6.07, 6.45) is 3.92. The van der Waals surface area contributed by atoms with Crippen LogP contribution in [0.5, 0.6) is 0 Å². The number of fused-ring (bicyclic) bond motifs is 1. The number of esters is 1. The van der Waals surface area contributed by atoms with E-state index in [0.717, 1.165) is 25.0 Å². The van der Waals surface area contributed by atoms with Gasteiger partial charge in [0.05, 0.1) is 37.3 Å². The number of hydrogen-bond acceptors (Lipinski definition) is 6. The Morgan fingerprint density at radius 3 is 2.75 bits per heavy atom. The first kappa shape index (κ1) is 25.6. The van der Waals surface area contributed by atoms with Gasteiger partial charge >= 0.3 is 5.97 Å². The molecule has 0 bridgehead atoms. The van der Waals surface area contributed by atoms with Crippen molar-refractivity contribution in [1.29, 1.82) is 0 Å². The minimum absolute atomic E-state index is 0.0879. The van der Waals surface area contributed by atoms with Crippen molar-refractivity contribution in [2.24, 2.45) is 5.92 Å². The molecule has 4 rings (SSSR count). The Morgan fingerprint density at radius 1 is 1.28 bits per heavy atom. The first-order valence-electron chi connectivity index (χ1n) is 12.0. The van der Waals surface area contributed by atoms with Crippen molar-refractivity contribution in [3.63, 3.8) is 0 Å². The lowest BCUT2D eigenvalue weighted by Crippen LogP contribution is -2.23. The lowest BCUT2D eigenvalue weighted by molar-refractivity contribution is -0.119. The largest absolute Gasteiger partial charge is 0.464 e. The summed E-state index contributed by atoms with van der Waals surface area (Å²) in [6, 6.07) is 5.46. The van der Waals surface area contributed by atoms with Gasteiger partial charge < -0.3 is 24.7 Å². The number of aromatic nitrogens is 2. The normalized spacial score (nSPS) is 16.2. The molecule has 0 saturated carbocycles. The first-order chi connectivity index (χ1) is 17.3. The number of pyridine rings is 1. The minimum Gasteiger partial charge on any atom is -0.464 e. The molecule has 36 heavy (non-hydrogen) atoms. The third kappa shape index (κ3) is 5.33. The second-order valence-corrected chi connectivity index (χ2v) is 8.96. The van der Waals surface area contributed by atoms with E-state index in [9.17, 15) is 18.4 Å². The quantitative estimate of drug-likeness (QED) is 0.407. The Bertz CT molecular complexity index is 1270. The highest BCUT2D eigenvalue weighted by atomic mass is 19.2. The lowest BCUT2D eigenvalue weighted by atomic mass is 10.1. The van der Waals surface area contributed by atoms with Crippen molar-refractivity contribution in [1.82, 2.24) is 9.55 Å². The van der Waals surface area contributed by atoms with Gasteiger partial charge in [-0.2, -0.15) is 0 Å². The van der Waals surface area contributed by atoms with Crippen LogP contribution >= 0.6 is 0 Å². The maximum atomic E-state index is 13.6. The number of carbonyl (C=O) groups is 2. The number of halogens is 2. The summed E-state index contributed by atoms with van der Waals surface area (Å²) >= 11 is 0. The molecule has 10 heteroatoms. The fourth-order valence-electron chi connectivity index (χ4n) is 4.21. The van der Waals surface area contributed by atoms with Gasteiger partial charge in [-0.25, -0.2) is 18.6 Å². The molecule has 0 radical (unpaired) electrons. The summed E-state index contributed by atoms with van der Waals surface area (Å²) in [5.41, 5.74) is 2.15. The van der Waals surface area contributed by atoms with Crippen molar-refractivity contribution in [3.05, 3.63) is 53.4 Å². The topological polar surface area (TPSA) is 94.5 Å². The molecule has 1 aliphatic heterocycles. The third-order valence-corrected chi connectivity index (χ3v) is 6.48. The number of carbonyl (C=O) groups excluding carboxylic acids is 2. The molecule has 1 saturated heterocycles. The Kier molecular flexibility index (Phi) is 7.83. The lowest BCUT2D eigenvalue weighted by Gasteiger charge is -2.15. The summed E-state index contributed by atoms with van der Waals surface area (Å²) in [6.45, 7) is 4.98. The Morgan fingerprint density at radius 2 is 2.08 bits per heavy atom. The van der Waals surface area contributed by atoms with Crippen molar-refractivity contribution >= 4 is 34.3 Å². The van der Waals surface area contributed by atoms with Crippen LogP contribution in [0, 0.1) is 17.6 Å². The first-order valence-corrected chi connectivity index (χ1v) is 12.0. The average molecular weight is 501 g/mol. The molecule has 3 aromatic rings. The summed E-state index contributed by atoms with van der Waals surface area (Å²) in [5.74, 6) is -2.92. The van der Waals surface area contributed by atoms with Gasteiger partial charge in [-0.05, 0) is 43.0 Å². The van der Waals surface area contributed by atoms with Crippen LogP contribution in [0.1, 0.15) is 49.2 Å². The molecule has 192 valence electrons. The number of rotatable bonds is 9. The molecule has 0 spiro atoms. The molecular formula is C26H30F2N4O4. The van der Waals surface area contributed by atoms with E-state index in [0.29, 0.717) is 47.5 Å². The zero-order valence-corrected chi connectivity index (χ0v) is 20.6. The molecule has 2 atom stereocenters. The molecule has 1 aliphatic rings. The van der Waals surface area contributed by atoms with Gasteiger partial charge in [-0.1, -0.05) is 19.9 Å². The molecule has 8 nitrogen and oxygen atoms in total. The number of ether oxygens (including phenoxy) is 2. The zero-order valence-electron chi connectivity index (χ0n) is 20.6. The predicted octanol–water partition coefficient (Wildman–Crippen LogP) is 4.88. The highest BCUT2D eigenvalue weighted by molar-refractivity contribution is 6.11. The van der Waals surface area contributed by atoms with Gasteiger partial charge in [-0.15, -0.1) is 0 Å². The van der Waals surface area contributed by atoms with Gasteiger partial charge in [0.2, 0.25) is 5.91 Å². The monoisotopic (exact) mass is 500 g/mol. The number of methoxy groups -OCH3 is 1. The summed E-state index contributed by atoms with van der Waals surface area (Å²) in [4.78, 5) is 30.4. The highest BCUT2D eigenvalue weighted by Crippen LogP contribution is 2.34. The van der Waals surface area contributed by atoms with Crippen LogP contribution in [0.4, 0.5) is 20.2 Å². The van der Waals surface area contributed by atoms with E-state index in [4.69, 9.17) is 9.47 Å². The van der Waals surface area contributed by atoms with Crippen molar-refractivity contribution in [2.45, 2.75) is 52.3 Å². The van der Waals surface area contributed by atoms with Crippen molar-refractivity contribution in [3.8, 4) is 0 Å². The van der Waals surface area contributed by atoms with Gasteiger partial charge in [-0.3, -0.25) is 4.79 Å². The van der Waals surface area contributed by atoms with Gasteiger partial charge in [0.1, 0.15) is 5.65 Å². The van der Waals surface area contributed by atoms with Crippen molar-refractivity contribution < 1.29 is 27.8 Å². The Hall–Kier alpha value is -3.53. The Labute approximate surface area is 208 Å². The molecular weight excluding hydrogens is 470 g/mol. The molecule has 0 unspecified atom stereocenters. The zero-order chi connectivity index (χ0) is 25.8. The van der Waals surface area contributed by atoms with E-state index in [2.05, 4.69) is 15.6 Å². The maximum absolute atomic E-state index is 13.6. The van der Waals surface area contributed by atoms with Crippen LogP contribution in [0.3, 0.4) is 0 Å². The van der Waals surface area contributed by atoms with Gasteiger partial charge in [0.15, 0.2) is 17.3 Å². The third-order valence-electron chi connectivity index (χ3n) is 6.48. The van der Waals surface area contributed by atoms with E-state index in [1.165, 1.54) is 13.2 Å². The number of benzene rings is 1. The summed E-state index contributed by atoms with van der Waals surface area (Å²) < 4.78 is 39.5. The number of nitrogens with one attached hydrogen (secondary N) is 2. The van der Waals surface area contributed by atoms with Crippen LogP contribution < -0.4 is 10.6 Å². The van der Waals surface area contributed by atoms with E-state index >= 15 is 0 Å². The number of amides is 1. The number of hydrogen-bond donors (Lipinski definition) is 2. The SMILES string of the molecule is CC[C@H](C)C(=O)Nc1c(C(=O)OC)n(C[C@@H]2CCCO2)c2ncc(NCc3ccc(F)c(F)c3)cc12. The van der Waals surface area contributed by atoms with E-state index in [-0.39, 0.29) is 30.2 Å². The molecule has 2 aromatic heterocycles. The maximum Gasteiger partial charge on any atom is 0.356 e. The number of nitrogens with zero attached hydrogens (tertiary/aromatic N) is 2. The number of anilines is 2. The Balaban J connectivity index is 1.76. The van der Waals surface area contributed by atoms with Crippen LogP contribution in [0.25, 0.3) is 11.0 Å². The fraction of sp³-hybridized carbons (Fsp3) is 0.423. The van der Waals surface area contributed by atoms with Crippen LogP contribution in [-0.2, 0) is 27.4 Å². The second kappa shape index (κ2) is 11.0. The smallest absolute Gasteiger partial charge is 0.356 e. The van der Waals surface area contributed by atoms with E-state index in [1.807, 2.05) is 13.8 Å². The molecule has 1 aromatic carbocycles. The van der Waals surface area contributed by atoms with Crippen molar-refractivity contribution in [2.75, 3.05) is 24.4 Å².